The molecular weight excluding hydrogens is 256 g/mol. The molecule has 4 heteroatoms. The van der Waals surface area contributed by atoms with Gasteiger partial charge in [0.1, 0.15) is 12.0 Å². The molecule has 3 nitrogen and oxygen atoms in total. The minimum atomic E-state index is 0.605. The number of hydrogen-bond acceptors (Lipinski definition) is 3. The standard InChI is InChI=1S/C11H7BrN2O/c12-5-9-7-15-14-11(9)10-4-2-1-3-8(10)6-13/h1-4,7H,5H2. The van der Waals surface area contributed by atoms with Gasteiger partial charge in [0.15, 0.2) is 0 Å². The first-order valence-electron chi connectivity index (χ1n) is 4.35. The average Bonchev–Trinajstić information content (AvgIpc) is 2.76. The first kappa shape index (κ1) is 9.94. The number of benzene rings is 1. The van der Waals surface area contributed by atoms with Crippen molar-refractivity contribution in [2.75, 3.05) is 0 Å². The third kappa shape index (κ3) is 1.79. The maximum absolute atomic E-state index is 8.96. The molecule has 0 N–H and O–H groups in total. The molecule has 0 saturated heterocycles. The van der Waals surface area contributed by atoms with Crippen LogP contribution in [0.4, 0.5) is 0 Å². The highest BCUT2D eigenvalue weighted by Gasteiger charge is 2.12. The van der Waals surface area contributed by atoms with Crippen molar-refractivity contribution in [3.8, 4) is 17.3 Å². The lowest BCUT2D eigenvalue weighted by Crippen LogP contribution is -1.87. The van der Waals surface area contributed by atoms with E-state index in [-0.39, 0.29) is 0 Å². The Balaban J connectivity index is 2.59. The van der Waals surface area contributed by atoms with Gasteiger partial charge in [-0.1, -0.05) is 39.3 Å². The topological polar surface area (TPSA) is 49.8 Å². The molecular formula is C11H7BrN2O. The summed E-state index contributed by atoms with van der Waals surface area (Å²) < 4.78 is 4.90. The maximum atomic E-state index is 8.96. The molecule has 2 rings (SSSR count). The molecule has 0 unspecified atom stereocenters. The fourth-order valence-electron chi connectivity index (χ4n) is 1.36. The second-order valence-corrected chi connectivity index (χ2v) is 3.54. The molecule has 0 fully saturated rings. The smallest absolute Gasteiger partial charge is 0.128 e. The average molecular weight is 263 g/mol. The minimum Gasteiger partial charge on any atom is -0.364 e. The summed E-state index contributed by atoms with van der Waals surface area (Å²) in [5.41, 5.74) is 3.08. The molecule has 15 heavy (non-hydrogen) atoms. The van der Waals surface area contributed by atoms with Crippen LogP contribution < -0.4 is 0 Å². The van der Waals surface area contributed by atoms with E-state index in [1.807, 2.05) is 18.2 Å². The van der Waals surface area contributed by atoms with Crippen molar-refractivity contribution in [3.63, 3.8) is 0 Å². The Morgan fingerprint density at radius 2 is 2.20 bits per heavy atom. The van der Waals surface area contributed by atoms with E-state index in [1.165, 1.54) is 0 Å². The normalized spacial score (nSPS) is 9.87. The van der Waals surface area contributed by atoms with Gasteiger partial charge in [0.2, 0.25) is 0 Å². The molecule has 0 spiro atoms. The van der Waals surface area contributed by atoms with Crippen molar-refractivity contribution in [1.82, 2.24) is 5.16 Å². The molecule has 0 bridgehead atoms. The van der Waals surface area contributed by atoms with Gasteiger partial charge in [0.05, 0.1) is 11.6 Å². The van der Waals surface area contributed by atoms with E-state index in [4.69, 9.17) is 9.78 Å². The Bertz CT molecular complexity index is 513. The van der Waals surface area contributed by atoms with E-state index in [1.54, 1.807) is 12.3 Å². The summed E-state index contributed by atoms with van der Waals surface area (Å²) in [6.07, 6.45) is 1.58. The van der Waals surface area contributed by atoms with Crippen LogP contribution in [0.15, 0.2) is 35.1 Å². The molecule has 0 radical (unpaired) electrons. The molecule has 0 saturated carbocycles. The molecule has 1 aromatic heterocycles. The molecule has 1 heterocycles. The van der Waals surface area contributed by atoms with Gasteiger partial charge in [-0.3, -0.25) is 0 Å². The van der Waals surface area contributed by atoms with Crippen molar-refractivity contribution >= 4 is 15.9 Å². The number of halogens is 1. The van der Waals surface area contributed by atoms with Gasteiger partial charge in [0.25, 0.3) is 0 Å². The fourth-order valence-corrected chi connectivity index (χ4v) is 1.76. The van der Waals surface area contributed by atoms with Crippen LogP contribution >= 0.6 is 15.9 Å². The highest BCUT2D eigenvalue weighted by Crippen LogP contribution is 2.26. The van der Waals surface area contributed by atoms with Crippen LogP contribution in [0.5, 0.6) is 0 Å². The number of nitriles is 1. The van der Waals surface area contributed by atoms with Crippen molar-refractivity contribution in [3.05, 3.63) is 41.7 Å². The number of rotatable bonds is 2. The minimum absolute atomic E-state index is 0.605. The van der Waals surface area contributed by atoms with Crippen LogP contribution in [0.2, 0.25) is 0 Å². The van der Waals surface area contributed by atoms with Gasteiger partial charge in [-0.25, -0.2) is 0 Å². The van der Waals surface area contributed by atoms with Gasteiger partial charge < -0.3 is 4.52 Å². The molecule has 1 aromatic carbocycles. The molecule has 0 aliphatic heterocycles. The number of nitrogens with zero attached hydrogens (tertiary/aromatic N) is 2. The monoisotopic (exact) mass is 262 g/mol. The predicted molar refractivity (Wildman–Crippen MR) is 59.3 cm³/mol. The Morgan fingerprint density at radius 1 is 1.40 bits per heavy atom. The highest BCUT2D eigenvalue weighted by atomic mass is 79.9. The third-order valence-electron chi connectivity index (χ3n) is 2.09. The Hall–Kier alpha value is -1.60. The third-order valence-corrected chi connectivity index (χ3v) is 2.69. The van der Waals surface area contributed by atoms with E-state index in [0.717, 1.165) is 16.8 Å². The summed E-state index contributed by atoms with van der Waals surface area (Å²) in [6.45, 7) is 0. The van der Waals surface area contributed by atoms with Crippen molar-refractivity contribution in [2.45, 2.75) is 5.33 Å². The lowest BCUT2D eigenvalue weighted by Gasteiger charge is -2.00. The van der Waals surface area contributed by atoms with Gasteiger partial charge in [0, 0.05) is 16.5 Å². The Morgan fingerprint density at radius 3 is 2.93 bits per heavy atom. The SMILES string of the molecule is N#Cc1ccccc1-c1nocc1CBr. The van der Waals surface area contributed by atoms with Crippen LogP contribution in [-0.4, -0.2) is 5.16 Å². The lowest BCUT2D eigenvalue weighted by atomic mass is 10.0. The number of aromatic nitrogens is 1. The molecule has 74 valence electrons. The number of alkyl halides is 1. The quantitative estimate of drug-likeness (QED) is 0.782. The summed E-state index contributed by atoms with van der Waals surface area (Å²) in [7, 11) is 0. The molecule has 2 aromatic rings. The largest absolute Gasteiger partial charge is 0.364 e. The van der Waals surface area contributed by atoms with Crippen molar-refractivity contribution in [1.29, 1.82) is 5.26 Å². The van der Waals surface area contributed by atoms with Gasteiger partial charge in [-0.15, -0.1) is 0 Å². The fraction of sp³-hybridized carbons (Fsp3) is 0.0909. The first-order valence-corrected chi connectivity index (χ1v) is 5.47. The predicted octanol–water partition coefficient (Wildman–Crippen LogP) is 3.11. The zero-order valence-electron chi connectivity index (χ0n) is 7.77. The van der Waals surface area contributed by atoms with E-state index in [0.29, 0.717) is 10.9 Å². The zero-order chi connectivity index (χ0) is 10.7. The maximum Gasteiger partial charge on any atom is 0.128 e. The Kier molecular flexibility index (Phi) is 2.84. The van der Waals surface area contributed by atoms with Crippen molar-refractivity contribution in [2.24, 2.45) is 0 Å². The van der Waals surface area contributed by atoms with Gasteiger partial charge in [-0.05, 0) is 6.07 Å². The summed E-state index contributed by atoms with van der Waals surface area (Å²) >= 11 is 3.35. The van der Waals surface area contributed by atoms with Gasteiger partial charge >= 0.3 is 0 Å². The highest BCUT2D eigenvalue weighted by molar-refractivity contribution is 9.08. The van der Waals surface area contributed by atoms with Crippen molar-refractivity contribution < 1.29 is 4.52 Å². The van der Waals surface area contributed by atoms with Gasteiger partial charge in [-0.2, -0.15) is 5.26 Å². The second-order valence-electron chi connectivity index (χ2n) is 2.98. The second kappa shape index (κ2) is 4.28. The van der Waals surface area contributed by atoms with Crippen LogP contribution in [-0.2, 0) is 5.33 Å². The number of hydrogen-bond donors (Lipinski definition) is 0. The van der Waals surface area contributed by atoms with E-state index in [2.05, 4.69) is 27.2 Å². The van der Waals surface area contributed by atoms with Crippen LogP contribution in [0.1, 0.15) is 11.1 Å². The van der Waals surface area contributed by atoms with E-state index < -0.39 is 0 Å². The summed E-state index contributed by atoms with van der Waals surface area (Å²) in [4.78, 5) is 0. The first-order chi connectivity index (χ1) is 7.36. The summed E-state index contributed by atoms with van der Waals surface area (Å²) in [5.74, 6) is 0. The summed E-state index contributed by atoms with van der Waals surface area (Å²) in [6, 6.07) is 9.47. The van der Waals surface area contributed by atoms with E-state index in [9.17, 15) is 0 Å². The molecule has 0 aliphatic rings. The molecule has 0 amide bonds. The zero-order valence-corrected chi connectivity index (χ0v) is 9.36. The molecule has 0 atom stereocenters. The van der Waals surface area contributed by atoms with E-state index >= 15 is 0 Å². The Labute approximate surface area is 95.4 Å². The lowest BCUT2D eigenvalue weighted by molar-refractivity contribution is 0.421. The molecule has 0 aliphatic carbocycles. The summed E-state index contributed by atoms with van der Waals surface area (Å²) in [5, 5.41) is 13.5. The van der Waals surface area contributed by atoms with Crippen LogP contribution in [0.25, 0.3) is 11.3 Å². The van der Waals surface area contributed by atoms with Crippen LogP contribution in [0, 0.1) is 11.3 Å². The van der Waals surface area contributed by atoms with Crippen LogP contribution in [0.3, 0.4) is 0 Å².